The molecule has 26 heavy (non-hydrogen) atoms. The van der Waals surface area contributed by atoms with E-state index >= 15 is 0 Å². The standard InChI is InChI=1S/C16H21N5O4S/c1-25-13-2-4-14(5-3-13)26(23,24)21-10-8-20(9-11-21)16(22)19-12-15-17-6-7-18-15/h2-7H,8-12H2,1H3,(H,17,18)(H,19,22). The van der Waals surface area contributed by atoms with E-state index in [1.54, 1.807) is 29.4 Å². The Morgan fingerprint density at radius 3 is 2.50 bits per heavy atom. The molecule has 2 aromatic rings. The summed E-state index contributed by atoms with van der Waals surface area (Å²) >= 11 is 0. The molecule has 3 rings (SSSR count). The molecule has 10 heteroatoms. The number of ether oxygens (including phenoxy) is 1. The van der Waals surface area contributed by atoms with Crippen LogP contribution in [0.5, 0.6) is 5.75 Å². The molecule has 0 spiro atoms. The van der Waals surface area contributed by atoms with Gasteiger partial charge in [-0.1, -0.05) is 0 Å². The Balaban J connectivity index is 1.55. The molecule has 1 saturated heterocycles. The predicted octanol–water partition coefficient (Wildman–Crippen LogP) is 0.634. The number of aromatic nitrogens is 2. The first-order valence-corrected chi connectivity index (χ1v) is 9.60. The van der Waals surface area contributed by atoms with Gasteiger partial charge in [-0.3, -0.25) is 0 Å². The Morgan fingerprint density at radius 1 is 1.23 bits per heavy atom. The number of sulfonamides is 1. The zero-order valence-corrected chi connectivity index (χ0v) is 15.2. The van der Waals surface area contributed by atoms with Crippen LogP contribution in [0.2, 0.25) is 0 Å². The van der Waals surface area contributed by atoms with Gasteiger partial charge in [-0.15, -0.1) is 0 Å². The number of amides is 2. The summed E-state index contributed by atoms with van der Waals surface area (Å²) in [5.41, 5.74) is 0. The summed E-state index contributed by atoms with van der Waals surface area (Å²) in [6.07, 6.45) is 3.30. The summed E-state index contributed by atoms with van der Waals surface area (Å²) in [4.78, 5) is 20.9. The van der Waals surface area contributed by atoms with Crippen molar-refractivity contribution in [2.24, 2.45) is 0 Å². The molecule has 0 unspecified atom stereocenters. The minimum absolute atomic E-state index is 0.217. The molecular weight excluding hydrogens is 358 g/mol. The molecule has 0 radical (unpaired) electrons. The highest BCUT2D eigenvalue weighted by Crippen LogP contribution is 2.20. The average molecular weight is 379 g/mol. The second-order valence-electron chi connectivity index (χ2n) is 5.76. The maximum absolute atomic E-state index is 12.7. The first kappa shape index (κ1) is 18.2. The van der Waals surface area contributed by atoms with Crippen LogP contribution in [-0.4, -0.2) is 66.9 Å². The summed E-state index contributed by atoms with van der Waals surface area (Å²) < 4.78 is 31.8. The fourth-order valence-electron chi connectivity index (χ4n) is 2.69. The number of hydrogen-bond donors (Lipinski definition) is 2. The van der Waals surface area contributed by atoms with Crippen LogP contribution in [0.25, 0.3) is 0 Å². The number of carbonyl (C=O) groups excluding carboxylic acids is 1. The summed E-state index contributed by atoms with van der Waals surface area (Å²) in [5.74, 6) is 1.26. The average Bonchev–Trinajstić information content (AvgIpc) is 3.20. The topological polar surface area (TPSA) is 108 Å². The summed E-state index contributed by atoms with van der Waals surface area (Å²) in [6.45, 7) is 1.47. The third kappa shape index (κ3) is 3.97. The highest BCUT2D eigenvalue weighted by Gasteiger charge is 2.30. The van der Waals surface area contributed by atoms with Crippen LogP contribution in [0.15, 0.2) is 41.6 Å². The van der Waals surface area contributed by atoms with Gasteiger partial charge in [0.15, 0.2) is 0 Å². The van der Waals surface area contributed by atoms with Crippen LogP contribution in [0.4, 0.5) is 4.79 Å². The molecule has 1 fully saturated rings. The fourth-order valence-corrected chi connectivity index (χ4v) is 4.12. The van der Waals surface area contributed by atoms with Gasteiger partial charge >= 0.3 is 6.03 Å². The van der Waals surface area contributed by atoms with Gasteiger partial charge < -0.3 is 19.9 Å². The van der Waals surface area contributed by atoms with Crippen molar-refractivity contribution >= 4 is 16.1 Å². The minimum atomic E-state index is -3.58. The quantitative estimate of drug-likeness (QED) is 0.792. The molecule has 2 amide bonds. The van der Waals surface area contributed by atoms with E-state index in [9.17, 15) is 13.2 Å². The largest absolute Gasteiger partial charge is 0.497 e. The fraction of sp³-hybridized carbons (Fsp3) is 0.375. The van der Waals surface area contributed by atoms with Crippen molar-refractivity contribution in [2.45, 2.75) is 11.4 Å². The number of nitrogens with one attached hydrogen (secondary N) is 2. The highest BCUT2D eigenvalue weighted by atomic mass is 32.2. The van der Waals surface area contributed by atoms with Gasteiger partial charge in [0, 0.05) is 38.6 Å². The van der Waals surface area contributed by atoms with Crippen LogP contribution in [0, 0.1) is 0 Å². The van der Waals surface area contributed by atoms with Gasteiger partial charge in [-0.2, -0.15) is 4.31 Å². The molecule has 0 atom stereocenters. The number of urea groups is 1. The molecule has 1 aliphatic heterocycles. The third-order valence-corrected chi connectivity index (χ3v) is 6.10. The van der Waals surface area contributed by atoms with Gasteiger partial charge in [0.1, 0.15) is 11.6 Å². The second-order valence-corrected chi connectivity index (χ2v) is 7.70. The molecule has 0 bridgehead atoms. The molecule has 0 aliphatic carbocycles. The Kier molecular flexibility index (Phi) is 5.43. The van der Waals surface area contributed by atoms with E-state index in [2.05, 4.69) is 15.3 Å². The normalized spacial score (nSPS) is 15.7. The zero-order valence-electron chi connectivity index (χ0n) is 14.4. The number of benzene rings is 1. The van der Waals surface area contributed by atoms with Crippen molar-refractivity contribution < 1.29 is 17.9 Å². The van der Waals surface area contributed by atoms with E-state index in [-0.39, 0.29) is 24.0 Å². The maximum atomic E-state index is 12.7. The van der Waals surface area contributed by atoms with Crippen LogP contribution < -0.4 is 10.1 Å². The van der Waals surface area contributed by atoms with Crippen molar-refractivity contribution in [3.05, 3.63) is 42.5 Å². The molecule has 1 aromatic heterocycles. The number of piperazine rings is 1. The second kappa shape index (κ2) is 7.75. The molecule has 2 heterocycles. The number of rotatable bonds is 5. The Labute approximate surface area is 152 Å². The predicted molar refractivity (Wildman–Crippen MR) is 94.1 cm³/mol. The van der Waals surface area contributed by atoms with Gasteiger partial charge in [0.2, 0.25) is 10.0 Å². The summed E-state index contributed by atoms with van der Waals surface area (Å²) in [5, 5.41) is 2.76. The van der Waals surface area contributed by atoms with Crippen molar-refractivity contribution in [3.63, 3.8) is 0 Å². The maximum Gasteiger partial charge on any atom is 0.317 e. The van der Waals surface area contributed by atoms with Gasteiger partial charge in [-0.25, -0.2) is 18.2 Å². The van der Waals surface area contributed by atoms with Crippen molar-refractivity contribution in [1.29, 1.82) is 0 Å². The van der Waals surface area contributed by atoms with Gasteiger partial charge in [-0.05, 0) is 24.3 Å². The van der Waals surface area contributed by atoms with Crippen molar-refractivity contribution in [1.82, 2.24) is 24.5 Å². The van der Waals surface area contributed by atoms with Crippen LogP contribution in [0.3, 0.4) is 0 Å². The number of H-pyrrole nitrogens is 1. The van der Waals surface area contributed by atoms with Gasteiger partial charge in [0.05, 0.1) is 18.6 Å². The Morgan fingerprint density at radius 2 is 1.92 bits per heavy atom. The van der Waals surface area contributed by atoms with E-state index < -0.39 is 10.0 Å². The van der Waals surface area contributed by atoms with E-state index in [1.165, 1.54) is 23.5 Å². The first-order chi connectivity index (χ1) is 12.5. The number of nitrogens with zero attached hydrogens (tertiary/aromatic N) is 3. The van der Waals surface area contributed by atoms with E-state index in [0.29, 0.717) is 31.2 Å². The molecule has 2 N–H and O–H groups in total. The Bertz CT molecular complexity index is 828. The molecule has 1 aliphatic rings. The Hall–Kier alpha value is -2.59. The molecular formula is C16H21N5O4S. The molecule has 9 nitrogen and oxygen atoms in total. The first-order valence-electron chi connectivity index (χ1n) is 8.16. The third-order valence-electron chi connectivity index (χ3n) is 4.18. The lowest BCUT2D eigenvalue weighted by Crippen LogP contribution is -2.53. The van der Waals surface area contributed by atoms with Crippen LogP contribution >= 0.6 is 0 Å². The van der Waals surface area contributed by atoms with Crippen molar-refractivity contribution in [2.75, 3.05) is 33.3 Å². The van der Waals surface area contributed by atoms with Crippen molar-refractivity contribution in [3.8, 4) is 5.75 Å². The monoisotopic (exact) mass is 379 g/mol. The number of methoxy groups -OCH3 is 1. The van der Waals surface area contributed by atoms with E-state index in [0.717, 1.165) is 0 Å². The van der Waals surface area contributed by atoms with Crippen LogP contribution in [-0.2, 0) is 16.6 Å². The zero-order chi connectivity index (χ0) is 18.6. The lowest BCUT2D eigenvalue weighted by atomic mass is 10.3. The van der Waals surface area contributed by atoms with Crippen LogP contribution in [0.1, 0.15) is 5.82 Å². The van der Waals surface area contributed by atoms with E-state index in [4.69, 9.17) is 4.74 Å². The number of hydrogen-bond acceptors (Lipinski definition) is 5. The molecule has 140 valence electrons. The smallest absolute Gasteiger partial charge is 0.317 e. The van der Waals surface area contributed by atoms with Gasteiger partial charge in [0.25, 0.3) is 0 Å². The molecule has 1 aromatic carbocycles. The lowest BCUT2D eigenvalue weighted by Gasteiger charge is -2.33. The highest BCUT2D eigenvalue weighted by molar-refractivity contribution is 7.89. The number of aromatic amines is 1. The van der Waals surface area contributed by atoms with E-state index in [1.807, 2.05) is 0 Å². The number of imidazole rings is 1. The lowest BCUT2D eigenvalue weighted by molar-refractivity contribution is 0.171. The summed E-state index contributed by atoms with van der Waals surface area (Å²) in [7, 11) is -2.05. The summed E-state index contributed by atoms with van der Waals surface area (Å²) in [6, 6.07) is 6.05. The SMILES string of the molecule is COc1ccc(S(=O)(=O)N2CCN(C(=O)NCc3ncc[nH]3)CC2)cc1. The number of carbonyl (C=O) groups is 1. The molecule has 0 saturated carbocycles. The minimum Gasteiger partial charge on any atom is -0.497 e.